The minimum atomic E-state index is -0.309. The molecule has 33 heavy (non-hydrogen) atoms. The molecule has 0 spiro atoms. The molecule has 1 aromatic heterocycles. The normalized spacial score (nSPS) is 11.3. The summed E-state index contributed by atoms with van der Waals surface area (Å²) in [6.45, 7) is 6.47. The Morgan fingerprint density at radius 1 is 1.03 bits per heavy atom. The Balaban J connectivity index is 1.56. The second-order valence-electron chi connectivity index (χ2n) is 8.06. The molecule has 0 saturated carbocycles. The minimum absolute atomic E-state index is 0.147. The van der Waals surface area contributed by atoms with Crippen molar-refractivity contribution in [1.82, 2.24) is 10.6 Å². The molecular formula is C27H30N2O3S. The lowest BCUT2D eigenvalue weighted by Crippen LogP contribution is -2.35. The number of hydrogen-bond acceptors (Lipinski definition) is 4. The predicted molar refractivity (Wildman–Crippen MR) is 134 cm³/mol. The second kappa shape index (κ2) is 12.0. The maximum absolute atomic E-state index is 12.8. The fourth-order valence-electron chi connectivity index (χ4n) is 3.17. The Labute approximate surface area is 199 Å². The summed E-state index contributed by atoms with van der Waals surface area (Å²) in [5.74, 6) is 0.246. The van der Waals surface area contributed by atoms with Crippen molar-refractivity contribution in [1.29, 1.82) is 0 Å². The van der Waals surface area contributed by atoms with Gasteiger partial charge in [-0.25, -0.2) is 0 Å². The van der Waals surface area contributed by atoms with Gasteiger partial charge < -0.3 is 15.4 Å². The molecule has 5 nitrogen and oxygen atoms in total. The first-order chi connectivity index (χ1) is 15.9. The first kappa shape index (κ1) is 24.3. The van der Waals surface area contributed by atoms with E-state index >= 15 is 0 Å². The molecule has 1 heterocycles. The number of nitrogens with one attached hydrogen (secondary N) is 2. The lowest BCUT2D eigenvalue weighted by Gasteiger charge is -2.12. The molecule has 0 aliphatic heterocycles. The van der Waals surface area contributed by atoms with E-state index in [2.05, 4.69) is 10.6 Å². The smallest absolute Gasteiger partial charge is 0.267 e. The summed E-state index contributed by atoms with van der Waals surface area (Å²) < 4.78 is 5.67. The lowest BCUT2D eigenvalue weighted by atomic mass is 10.1. The van der Waals surface area contributed by atoms with Crippen LogP contribution in [0.5, 0.6) is 5.75 Å². The molecule has 3 aromatic rings. The molecule has 0 aliphatic rings. The van der Waals surface area contributed by atoms with Crippen molar-refractivity contribution in [2.45, 2.75) is 39.7 Å². The number of thiophene rings is 1. The van der Waals surface area contributed by atoms with E-state index in [9.17, 15) is 9.59 Å². The Bertz CT molecular complexity index is 1070. The summed E-state index contributed by atoms with van der Waals surface area (Å²) in [4.78, 5) is 26.4. The van der Waals surface area contributed by atoms with Crippen LogP contribution in [0.25, 0.3) is 6.08 Å². The standard InChI is InChI=1S/C27H30N2O3S/c1-19(2)32-23-14-10-21(11-15-23)6-4-16-28-27(31)25(18-24-7-5-17-33-24)29-26(30)22-12-8-20(3)9-13-22/h5,7-15,17-19H,4,6,16H2,1-3H3,(H,28,31)(H,29,30)/b25-18-. The molecule has 2 aromatic carbocycles. The maximum Gasteiger partial charge on any atom is 0.267 e. The Kier molecular flexibility index (Phi) is 8.84. The van der Waals surface area contributed by atoms with E-state index in [1.165, 1.54) is 16.9 Å². The summed E-state index contributed by atoms with van der Waals surface area (Å²) >= 11 is 1.51. The first-order valence-electron chi connectivity index (χ1n) is 11.1. The zero-order chi connectivity index (χ0) is 23.6. The lowest BCUT2D eigenvalue weighted by molar-refractivity contribution is -0.117. The molecular weight excluding hydrogens is 432 g/mol. The predicted octanol–water partition coefficient (Wildman–Crippen LogP) is 5.36. The summed E-state index contributed by atoms with van der Waals surface area (Å²) in [7, 11) is 0. The van der Waals surface area contributed by atoms with Gasteiger partial charge in [-0.05, 0) is 81.0 Å². The van der Waals surface area contributed by atoms with Gasteiger partial charge in [0.2, 0.25) is 0 Å². The molecule has 0 saturated heterocycles. The third-order valence-electron chi connectivity index (χ3n) is 4.86. The van der Waals surface area contributed by atoms with Crippen molar-refractivity contribution in [3.63, 3.8) is 0 Å². The van der Waals surface area contributed by atoms with Crippen LogP contribution in [-0.2, 0) is 11.2 Å². The fraction of sp³-hybridized carbons (Fsp3) is 0.259. The number of benzene rings is 2. The van der Waals surface area contributed by atoms with Crippen molar-refractivity contribution in [2.24, 2.45) is 0 Å². The highest BCUT2D eigenvalue weighted by molar-refractivity contribution is 7.10. The largest absolute Gasteiger partial charge is 0.491 e. The Hall–Kier alpha value is -3.38. The first-order valence-corrected chi connectivity index (χ1v) is 12.0. The molecule has 2 amide bonds. The van der Waals surface area contributed by atoms with Gasteiger partial charge in [0.15, 0.2) is 0 Å². The average molecular weight is 463 g/mol. The Morgan fingerprint density at radius 3 is 2.39 bits per heavy atom. The van der Waals surface area contributed by atoms with E-state index in [0.717, 1.165) is 29.0 Å². The van der Waals surface area contributed by atoms with Gasteiger partial charge >= 0.3 is 0 Å². The van der Waals surface area contributed by atoms with Gasteiger partial charge in [0.1, 0.15) is 11.4 Å². The van der Waals surface area contributed by atoms with Gasteiger partial charge in [0, 0.05) is 17.0 Å². The molecule has 172 valence electrons. The van der Waals surface area contributed by atoms with Crippen LogP contribution in [0.3, 0.4) is 0 Å². The number of carbonyl (C=O) groups is 2. The van der Waals surface area contributed by atoms with Gasteiger partial charge in [-0.1, -0.05) is 35.9 Å². The highest BCUT2D eigenvalue weighted by Gasteiger charge is 2.14. The summed E-state index contributed by atoms with van der Waals surface area (Å²) in [5, 5.41) is 7.63. The molecule has 3 rings (SSSR count). The number of hydrogen-bond donors (Lipinski definition) is 2. The number of aryl methyl sites for hydroxylation is 2. The van der Waals surface area contributed by atoms with E-state index in [1.807, 2.05) is 74.7 Å². The van der Waals surface area contributed by atoms with Crippen LogP contribution in [0, 0.1) is 6.92 Å². The molecule has 0 unspecified atom stereocenters. The van der Waals surface area contributed by atoms with Gasteiger partial charge in [0.05, 0.1) is 6.10 Å². The molecule has 0 bridgehead atoms. The van der Waals surface area contributed by atoms with Crippen LogP contribution in [-0.4, -0.2) is 24.5 Å². The highest BCUT2D eigenvalue weighted by atomic mass is 32.1. The third-order valence-corrected chi connectivity index (χ3v) is 5.68. The van der Waals surface area contributed by atoms with E-state index in [-0.39, 0.29) is 23.6 Å². The van der Waals surface area contributed by atoms with Crippen molar-refractivity contribution in [2.75, 3.05) is 6.54 Å². The average Bonchev–Trinajstić information content (AvgIpc) is 3.30. The van der Waals surface area contributed by atoms with Crippen LogP contribution in [0.2, 0.25) is 0 Å². The molecule has 2 N–H and O–H groups in total. The van der Waals surface area contributed by atoms with Crippen LogP contribution in [0.4, 0.5) is 0 Å². The van der Waals surface area contributed by atoms with Crippen LogP contribution in [0.1, 0.15) is 46.6 Å². The zero-order valence-electron chi connectivity index (χ0n) is 19.3. The second-order valence-corrected chi connectivity index (χ2v) is 9.04. The highest BCUT2D eigenvalue weighted by Crippen LogP contribution is 2.15. The SMILES string of the molecule is Cc1ccc(C(=O)N/C(=C\c2cccs2)C(=O)NCCCc2ccc(OC(C)C)cc2)cc1. The fourth-order valence-corrected chi connectivity index (χ4v) is 3.83. The number of ether oxygens (including phenoxy) is 1. The molecule has 0 atom stereocenters. The molecule has 6 heteroatoms. The number of amides is 2. The molecule has 0 aliphatic carbocycles. The monoisotopic (exact) mass is 462 g/mol. The number of carbonyl (C=O) groups excluding carboxylic acids is 2. The van der Waals surface area contributed by atoms with Gasteiger partial charge in [-0.15, -0.1) is 11.3 Å². The topological polar surface area (TPSA) is 67.4 Å². The van der Waals surface area contributed by atoms with Crippen molar-refractivity contribution in [3.05, 3.63) is 93.3 Å². The maximum atomic E-state index is 12.8. The van der Waals surface area contributed by atoms with E-state index in [1.54, 1.807) is 18.2 Å². The van der Waals surface area contributed by atoms with E-state index in [0.29, 0.717) is 12.1 Å². The van der Waals surface area contributed by atoms with Gasteiger partial charge in [-0.3, -0.25) is 9.59 Å². The van der Waals surface area contributed by atoms with Crippen LogP contribution < -0.4 is 15.4 Å². The zero-order valence-corrected chi connectivity index (χ0v) is 20.1. The molecule has 0 radical (unpaired) electrons. The van der Waals surface area contributed by atoms with Gasteiger partial charge in [0.25, 0.3) is 11.8 Å². The summed E-state index contributed by atoms with van der Waals surface area (Å²) in [6.07, 6.45) is 3.48. The quantitative estimate of drug-likeness (QED) is 0.315. The molecule has 0 fully saturated rings. The summed E-state index contributed by atoms with van der Waals surface area (Å²) in [6, 6.07) is 19.1. The summed E-state index contributed by atoms with van der Waals surface area (Å²) in [5.41, 5.74) is 3.00. The van der Waals surface area contributed by atoms with Crippen LogP contribution >= 0.6 is 11.3 Å². The Morgan fingerprint density at radius 2 is 1.76 bits per heavy atom. The minimum Gasteiger partial charge on any atom is -0.491 e. The third kappa shape index (κ3) is 7.91. The van der Waals surface area contributed by atoms with Crippen LogP contribution in [0.15, 0.2) is 71.7 Å². The van der Waals surface area contributed by atoms with Crippen molar-refractivity contribution in [3.8, 4) is 5.75 Å². The van der Waals surface area contributed by atoms with Crippen molar-refractivity contribution >= 4 is 29.2 Å². The van der Waals surface area contributed by atoms with E-state index < -0.39 is 0 Å². The van der Waals surface area contributed by atoms with Gasteiger partial charge in [-0.2, -0.15) is 0 Å². The number of rotatable bonds is 10. The van der Waals surface area contributed by atoms with Crippen molar-refractivity contribution < 1.29 is 14.3 Å². The van der Waals surface area contributed by atoms with E-state index in [4.69, 9.17) is 4.74 Å².